The Balaban J connectivity index is 1.77. The van der Waals surface area contributed by atoms with E-state index in [9.17, 15) is 14.4 Å². The number of benzene rings is 1. The van der Waals surface area contributed by atoms with Gasteiger partial charge in [-0.05, 0) is 58.9 Å². The van der Waals surface area contributed by atoms with Gasteiger partial charge in [0.05, 0.1) is 26.7 Å². The van der Waals surface area contributed by atoms with Crippen molar-refractivity contribution in [2.75, 3.05) is 0 Å². The van der Waals surface area contributed by atoms with Crippen molar-refractivity contribution >= 4 is 28.9 Å². The van der Waals surface area contributed by atoms with Gasteiger partial charge in [-0.3, -0.25) is 19.5 Å². The van der Waals surface area contributed by atoms with Gasteiger partial charge in [-0.1, -0.05) is 17.7 Å². The van der Waals surface area contributed by atoms with Gasteiger partial charge in [0, 0.05) is 11.7 Å². The Morgan fingerprint density at radius 1 is 1.03 bits per heavy atom. The summed E-state index contributed by atoms with van der Waals surface area (Å²) in [7, 11) is 0. The summed E-state index contributed by atoms with van der Waals surface area (Å²) < 4.78 is 1.45. The van der Waals surface area contributed by atoms with Gasteiger partial charge in [-0.2, -0.15) is 5.10 Å². The number of hydrogen-bond donors (Lipinski definition) is 3. The maximum absolute atomic E-state index is 12.9. The lowest BCUT2D eigenvalue weighted by molar-refractivity contribution is 0.0944. The largest absolute Gasteiger partial charge is 0.349 e. The summed E-state index contributed by atoms with van der Waals surface area (Å²) >= 11 is 1.08. The third kappa shape index (κ3) is 5.00. The first-order valence-corrected chi connectivity index (χ1v) is 10.6. The molecule has 0 aliphatic carbocycles. The first kappa shape index (κ1) is 22.2. The Morgan fingerprint density at radius 3 is 2.26 bits per heavy atom. The van der Waals surface area contributed by atoms with Gasteiger partial charge in [0.25, 0.3) is 17.4 Å². The lowest BCUT2D eigenvalue weighted by atomic mass is 10.2. The number of hydrogen-bond acceptors (Lipinski definition) is 5. The van der Waals surface area contributed by atoms with Crippen LogP contribution in [0.2, 0.25) is 0 Å². The fourth-order valence-electron chi connectivity index (χ4n) is 3.01. The van der Waals surface area contributed by atoms with Gasteiger partial charge >= 0.3 is 0 Å². The number of aromatic nitrogens is 2. The normalized spacial score (nSPS) is 11.6. The first-order chi connectivity index (χ1) is 14.7. The molecule has 0 spiro atoms. The smallest absolute Gasteiger partial charge is 0.281 e. The highest BCUT2D eigenvalue weighted by Gasteiger charge is 2.17. The molecule has 3 N–H and O–H groups in total. The van der Waals surface area contributed by atoms with Crippen LogP contribution >= 0.6 is 11.3 Å². The van der Waals surface area contributed by atoms with E-state index in [0.717, 1.165) is 16.9 Å². The maximum Gasteiger partial charge on any atom is 0.281 e. The summed E-state index contributed by atoms with van der Waals surface area (Å²) in [4.78, 5) is 38.2. The fourth-order valence-corrected chi connectivity index (χ4v) is 3.81. The Bertz CT molecular complexity index is 1200. The molecule has 9 heteroatoms. The summed E-state index contributed by atoms with van der Waals surface area (Å²) in [5.74, 6) is -0.668. The zero-order chi connectivity index (χ0) is 22.7. The van der Waals surface area contributed by atoms with E-state index in [0.29, 0.717) is 32.4 Å². The van der Waals surface area contributed by atoms with Crippen LogP contribution in [0, 0.1) is 13.8 Å². The molecule has 0 bridgehead atoms. The SMILES string of the molecule is CC(=NNC(=O)c1ccc(C(=O)NC(C)C)s1)c1c(C)[nH]n(-c2ccc(C)cc2)c1=O. The highest BCUT2D eigenvalue weighted by Crippen LogP contribution is 2.16. The molecular weight excluding hydrogens is 414 g/mol. The van der Waals surface area contributed by atoms with E-state index >= 15 is 0 Å². The van der Waals surface area contributed by atoms with Crippen molar-refractivity contribution in [1.29, 1.82) is 0 Å². The van der Waals surface area contributed by atoms with Crippen molar-refractivity contribution in [3.8, 4) is 5.69 Å². The number of nitrogens with zero attached hydrogens (tertiary/aromatic N) is 2. The number of rotatable bonds is 6. The van der Waals surface area contributed by atoms with Crippen molar-refractivity contribution in [2.45, 2.75) is 40.7 Å². The van der Waals surface area contributed by atoms with Gasteiger partial charge in [-0.25, -0.2) is 10.1 Å². The van der Waals surface area contributed by atoms with Crippen LogP contribution in [0.1, 0.15) is 56.9 Å². The molecule has 0 saturated carbocycles. The molecule has 2 heterocycles. The molecule has 0 unspecified atom stereocenters. The third-order valence-corrected chi connectivity index (χ3v) is 5.61. The first-order valence-electron chi connectivity index (χ1n) is 9.81. The monoisotopic (exact) mass is 439 g/mol. The lowest BCUT2D eigenvalue weighted by Gasteiger charge is -2.05. The van der Waals surface area contributed by atoms with Gasteiger partial charge < -0.3 is 5.32 Å². The maximum atomic E-state index is 12.9. The van der Waals surface area contributed by atoms with E-state index in [4.69, 9.17) is 0 Å². The van der Waals surface area contributed by atoms with Gasteiger partial charge in [-0.15, -0.1) is 11.3 Å². The molecule has 8 nitrogen and oxygen atoms in total. The van der Waals surface area contributed by atoms with Gasteiger partial charge in [0.15, 0.2) is 0 Å². The number of hydrazone groups is 1. The Kier molecular flexibility index (Phi) is 6.55. The number of aryl methyl sites for hydroxylation is 2. The van der Waals surface area contributed by atoms with E-state index in [1.165, 1.54) is 4.68 Å². The summed E-state index contributed by atoms with van der Waals surface area (Å²) in [6.07, 6.45) is 0. The second-order valence-corrected chi connectivity index (χ2v) is 8.60. The van der Waals surface area contributed by atoms with E-state index in [1.54, 1.807) is 26.0 Å². The number of aromatic amines is 1. The molecule has 0 atom stereocenters. The predicted octanol–water partition coefficient (Wildman–Crippen LogP) is 3.14. The summed E-state index contributed by atoms with van der Waals surface area (Å²) in [5.41, 5.74) is 5.45. The molecule has 31 heavy (non-hydrogen) atoms. The molecule has 3 rings (SSSR count). The number of amides is 2. The second-order valence-electron chi connectivity index (χ2n) is 7.52. The average Bonchev–Trinajstić information content (AvgIpc) is 3.31. The number of nitrogens with one attached hydrogen (secondary N) is 3. The average molecular weight is 440 g/mol. The Hall–Kier alpha value is -3.46. The summed E-state index contributed by atoms with van der Waals surface area (Å²) in [6.45, 7) is 9.15. The van der Waals surface area contributed by atoms with Crippen LogP contribution in [0.25, 0.3) is 5.69 Å². The van der Waals surface area contributed by atoms with Crippen LogP contribution < -0.4 is 16.3 Å². The number of carbonyl (C=O) groups excluding carboxylic acids is 2. The minimum Gasteiger partial charge on any atom is -0.349 e. The molecule has 162 valence electrons. The van der Waals surface area contributed by atoms with Crippen LogP contribution in [-0.4, -0.2) is 33.3 Å². The number of thiophene rings is 1. The van der Waals surface area contributed by atoms with E-state index in [1.807, 2.05) is 45.0 Å². The molecule has 3 aromatic rings. The molecule has 1 aromatic carbocycles. The Labute approximate surface area is 184 Å². The Morgan fingerprint density at radius 2 is 1.65 bits per heavy atom. The van der Waals surface area contributed by atoms with Crippen LogP contribution in [0.5, 0.6) is 0 Å². The topological polar surface area (TPSA) is 108 Å². The fraction of sp³-hybridized carbons (Fsp3) is 0.273. The lowest BCUT2D eigenvalue weighted by Crippen LogP contribution is -2.29. The molecule has 0 aliphatic rings. The second kappa shape index (κ2) is 9.13. The molecule has 0 saturated heterocycles. The van der Waals surface area contributed by atoms with Crippen molar-refractivity contribution < 1.29 is 9.59 Å². The minimum absolute atomic E-state index is 0.00711. The van der Waals surface area contributed by atoms with Crippen LogP contribution in [0.4, 0.5) is 0 Å². The van der Waals surface area contributed by atoms with Crippen molar-refractivity contribution in [2.24, 2.45) is 5.10 Å². The van der Waals surface area contributed by atoms with Crippen molar-refractivity contribution in [1.82, 2.24) is 20.5 Å². The van der Waals surface area contributed by atoms with Crippen LogP contribution in [0.15, 0.2) is 46.3 Å². The van der Waals surface area contributed by atoms with E-state index in [-0.39, 0.29) is 17.5 Å². The van der Waals surface area contributed by atoms with E-state index < -0.39 is 5.91 Å². The summed E-state index contributed by atoms with van der Waals surface area (Å²) in [6, 6.07) is 10.7. The van der Waals surface area contributed by atoms with Crippen molar-refractivity contribution in [3.63, 3.8) is 0 Å². The highest BCUT2D eigenvalue weighted by molar-refractivity contribution is 7.15. The molecular formula is C22H25N5O3S. The van der Waals surface area contributed by atoms with Crippen molar-refractivity contribution in [3.05, 3.63) is 73.3 Å². The van der Waals surface area contributed by atoms with Crippen LogP contribution in [0.3, 0.4) is 0 Å². The van der Waals surface area contributed by atoms with Crippen LogP contribution in [-0.2, 0) is 0 Å². The molecule has 0 radical (unpaired) electrons. The van der Waals surface area contributed by atoms with E-state index in [2.05, 4.69) is 20.9 Å². The molecule has 0 fully saturated rings. The number of H-pyrrole nitrogens is 1. The zero-order valence-electron chi connectivity index (χ0n) is 18.1. The minimum atomic E-state index is -0.444. The van der Waals surface area contributed by atoms with Gasteiger partial charge in [0.1, 0.15) is 0 Å². The number of carbonyl (C=O) groups is 2. The zero-order valence-corrected chi connectivity index (χ0v) is 18.9. The quantitative estimate of drug-likeness (QED) is 0.405. The standard InChI is InChI=1S/C22H25N5O3S/c1-12(2)23-20(28)17-10-11-18(31-17)21(29)25-24-14(4)19-15(5)26-27(22(19)30)16-8-6-13(3)7-9-16/h6-12,26H,1-5H3,(H,23,28)(H,25,29). The highest BCUT2D eigenvalue weighted by atomic mass is 32.1. The molecule has 2 amide bonds. The predicted molar refractivity (Wildman–Crippen MR) is 122 cm³/mol. The molecule has 2 aromatic heterocycles. The van der Waals surface area contributed by atoms with Gasteiger partial charge in [0.2, 0.25) is 0 Å². The third-order valence-electron chi connectivity index (χ3n) is 4.52. The summed E-state index contributed by atoms with van der Waals surface area (Å²) in [5, 5.41) is 9.94. The molecule has 0 aliphatic heterocycles.